The Labute approximate surface area is 137 Å². The van der Waals surface area contributed by atoms with E-state index in [0.717, 1.165) is 28.8 Å². The van der Waals surface area contributed by atoms with Gasteiger partial charge in [-0.25, -0.2) is 0 Å². The van der Waals surface area contributed by atoms with Gasteiger partial charge in [0.2, 0.25) is 0 Å². The van der Waals surface area contributed by atoms with Crippen LogP contribution in [-0.4, -0.2) is 11.3 Å². The van der Waals surface area contributed by atoms with Crippen molar-refractivity contribution in [2.24, 2.45) is 5.10 Å². The third-order valence-electron chi connectivity index (χ3n) is 3.49. The molecule has 2 aromatic carbocycles. The fraction of sp³-hybridized carbons (Fsp3) is 0.222. The van der Waals surface area contributed by atoms with Crippen LogP contribution in [0.4, 0.5) is 5.69 Å². The summed E-state index contributed by atoms with van der Waals surface area (Å²) < 4.78 is 0. The summed E-state index contributed by atoms with van der Waals surface area (Å²) in [5, 5.41) is 7.85. The second-order valence-electron chi connectivity index (χ2n) is 5.19. The molecule has 114 valence electrons. The van der Waals surface area contributed by atoms with Gasteiger partial charge in [0, 0.05) is 5.69 Å². The SMILES string of the molecule is CCc1ccc(/C=N\NC(=S)Nc2c(C)cccc2C)cc1. The number of hydrogen-bond donors (Lipinski definition) is 2. The number of thiocarbonyl (C=S) groups is 1. The van der Waals surface area contributed by atoms with Gasteiger partial charge in [-0.3, -0.25) is 5.43 Å². The second kappa shape index (κ2) is 7.71. The Balaban J connectivity index is 1.93. The predicted molar refractivity (Wildman–Crippen MR) is 98.7 cm³/mol. The maximum atomic E-state index is 5.27. The Bertz CT molecular complexity index is 655. The highest BCUT2D eigenvalue weighted by Gasteiger charge is 2.03. The van der Waals surface area contributed by atoms with Gasteiger partial charge in [-0.05, 0) is 54.7 Å². The van der Waals surface area contributed by atoms with Crippen molar-refractivity contribution in [3.63, 3.8) is 0 Å². The zero-order chi connectivity index (χ0) is 15.9. The molecule has 0 radical (unpaired) electrons. The predicted octanol–water partition coefficient (Wildman–Crippen LogP) is 4.19. The number of para-hydroxylation sites is 1. The first-order chi connectivity index (χ1) is 10.6. The molecular weight excluding hydrogens is 290 g/mol. The molecule has 0 aliphatic heterocycles. The van der Waals surface area contributed by atoms with E-state index >= 15 is 0 Å². The standard InChI is InChI=1S/C18H21N3S/c1-4-15-8-10-16(11-9-15)12-19-21-18(22)20-17-13(2)6-5-7-14(17)3/h5-12H,4H2,1-3H3,(H2,20,21,22)/b19-12-. The van der Waals surface area contributed by atoms with Crippen molar-refractivity contribution in [1.29, 1.82) is 0 Å². The van der Waals surface area contributed by atoms with Crippen LogP contribution in [0.1, 0.15) is 29.2 Å². The van der Waals surface area contributed by atoms with Gasteiger partial charge in [-0.1, -0.05) is 49.4 Å². The molecule has 0 aliphatic carbocycles. The van der Waals surface area contributed by atoms with Gasteiger partial charge in [-0.2, -0.15) is 5.10 Å². The number of hydrazone groups is 1. The molecular formula is C18H21N3S. The van der Waals surface area contributed by atoms with Crippen LogP contribution in [0.3, 0.4) is 0 Å². The molecule has 0 atom stereocenters. The van der Waals surface area contributed by atoms with Gasteiger partial charge in [0.15, 0.2) is 5.11 Å². The minimum atomic E-state index is 0.485. The number of nitrogens with zero attached hydrogens (tertiary/aromatic N) is 1. The second-order valence-corrected chi connectivity index (χ2v) is 5.59. The molecule has 4 heteroatoms. The Kier molecular flexibility index (Phi) is 5.67. The Hall–Kier alpha value is -2.20. The molecule has 0 saturated heterocycles. The van der Waals surface area contributed by atoms with Crippen molar-refractivity contribution in [2.45, 2.75) is 27.2 Å². The van der Waals surface area contributed by atoms with E-state index in [9.17, 15) is 0 Å². The lowest BCUT2D eigenvalue weighted by Gasteiger charge is -2.12. The topological polar surface area (TPSA) is 36.4 Å². The summed E-state index contributed by atoms with van der Waals surface area (Å²) in [6.45, 7) is 6.25. The zero-order valence-electron chi connectivity index (χ0n) is 13.2. The van der Waals surface area contributed by atoms with E-state index in [1.165, 1.54) is 5.56 Å². The van der Waals surface area contributed by atoms with E-state index in [1.807, 2.05) is 18.2 Å². The molecule has 2 N–H and O–H groups in total. The molecule has 0 bridgehead atoms. The summed E-state index contributed by atoms with van der Waals surface area (Å²) in [7, 11) is 0. The largest absolute Gasteiger partial charge is 0.331 e. The smallest absolute Gasteiger partial charge is 0.191 e. The molecule has 0 aromatic heterocycles. The first kappa shape index (κ1) is 16.2. The minimum absolute atomic E-state index is 0.485. The Morgan fingerprint density at radius 1 is 1.09 bits per heavy atom. The van der Waals surface area contributed by atoms with Crippen LogP contribution < -0.4 is 10.7 Å². The number of anilines is 1. The van der Waals surface area contributed by atoms with Gasteiger partial charge >= 0.3 is 0 Å². The van der Waals surface area contributed by atoms with Gasteiger partial charge in [0.1, 0.15) is 0 Å². The van der Waals surface area contributed by atoms with Crippen LogP contribution in [0.15, 0.2) is 47.6 Å². The summed E-state index contributed by atoms with van der Waals surface area (Å²) in [4.78, 5) is 0. The summed E-state index contributed by atoms with van der Waals surface area (Å²) >= 11 is 5.27. The van der Waals surface area contributed by atoms with E-state index in [0.29, 0.717) is 5.11 Å². The van der Waals surface area contributed by atoms with Crippen LogP contribution in [0, 0.1) is 13.8 Å². The molecule has 2 rings (SSSR count). The van der Waals surface area contributed by atoms with Crippen LogP contribution in [-0.2, 0) is 6.42 Å². The lowest BCUT2D eigenvalue weighted by atomic mass is 10.1. The highest BCUT2D eigenvalue weighted by atomic mass is 32.1. The average molecular weight is 311 g/mol. The lowest BCUT2D eigenvalue weighted by Crippen LogP contribution is -2.24. The molecule has 3 nitrogen and oxygen atoms in total. The van der Waals surface area contributed by atoms with Crippen molar-refractivity contribution < 1.29 is 0 Å². The van der Waals surface area contributed by atoms with Gasteiger partial charge in [0.25, 0.3) is 0 Å². The van der Waals surface area contributed by atoms with Crippen LogP contribution >= 0.6 is 12.2 Å². The molecule has 0 spiro atoms. The lowest BCUT2D eigenvalue weighted by molar-refractivity contribution is 1.05. The third kappa shape index (κ3) is 4.40. The Morgan fingerprint density at radius 2 is 1.73 bits per heavy atom. The van der Waals surface area contributed by atoms with Gasteiger partial charge in [-0.15, -0.1) is 0 Å². The van der Waals surface area contributed by atoms with Gasteiger partial charge < -0.3 is 5.32 Å². The van der Waals surface area contributed by atoms with E-state index in [-0.39, 0.29) is 0 Å². The molecule has 0 unspecified atom stereocenters. The van der Waals surface area contributed by atoms with Gasteiger partial charge in [0.05, 0.1) is 6.21 Å². The molecule has 0 heterocycles. The quantitative estimate of drug-likeness (QED) is 0.505. The van der Waals surface area contributed by atoms with E-state index < -0.39 is 0 Å². The molecule has 0 amide bonds. The molecule has 0 fully saturated rings. The van der Waals surface area contributed by atoms with E-state index in [2.05, 4.69) is 60.9 Å². The maximum Gasteiger partial charge on any atom is 0.191 e. The summed E-state index contributed by atoms with van der Waals surface area (Å²) in [6, 6.07) is 14.4. The van der Waals surface area contributed by atoms with Crippen molar-refractivity contribution in [1.82, 2.24) is 5.43 Å². The van der Waals surface area contributed by atoms with Crippen molar-refractivity contribution in [2.75, 3.05) is 5.32 Å². The monoisotopic (exact) mass is 311 g/mol. The summed E-state index contributed by atoms with van der Waals surface area (Å²) in [6.07, 6.45) is 2.80. The molecule has 0 saturated carbocycles. The van der Waals surface area contributed by atoms with Crippen molar-refractivity contribution >= 4 is 29.2 Å². The summed E-state index contributed by atoms with van der Waals surface area (Å²) in [5.74, 6) is 0. The van der Waals surface area contributed by atoms with Crippen LogP contribution in [0.2, 0.25) is 0 Å². The fourth-order valence-electron chi connectivity index (χ4n) is 2.16. The van der Waals surface area contributed by atoms with Crippen LogP contribution in [0.5, 0.6) is 0 Å². The molecule has 2 aromatic rings. The molecule has 0 aliphatic rings. The number of hydrogen-bond acceptors (Lipinski definition) is 2. The number of benzene rings is 2. The highest BCUT2D eigenvalue weighted by molar-refractivity contribution is 7.80. The summed E-state index contributed by atoms with van der Waals surface area (Å²) in [5.41, 5.74) is 8.55. The van der Waals surface area contributed by atoms with E-state index in [1.54, 1.807) is 6.21 Å². The minimum Gasteiger partial charge on any atom is -0.331 e. The van der Waals surface area contributed by atoms with Crippen LogP contribution in [0.25, 0.3) is 0 Å². The normalized spacial score (nSPS) is 10.7. The number of nitrogens with one attached hydrogen (secondary N) is 2. The average Bonchev–Trinajstić information content (AvgIpc) is 2.52. The Morgan fingerprint density at radius 3 is 2.32 bits per heavy atom. The van der Waals surface area contributed by atoms with Crippen molar-refractivity contribution in [3.8, 4) is 0 Å². The zero-order valence-corrected chi connectivity index (χ0v) is 14.0. The first-order valence-electron chi connectivity index (χ1n) is 7.35. The molecule has 22 heavy (non-hydrogen) atoms. The number of aryl methyl sites for hydroxylation is 3. The van der Waals surface area contributed by atoms with E-state index in [4.69, 9.17) is 12.2 Å². The maximum absolute atomic E-state index is 5.27. The highest BCUT2D eigenvalue weighted by Crippen LogP contribution is 2.19. The fourth-order valence-corrected chi connectivity index (χ4v) is 2.31. The van der Waals surface area contributed by atoms with Crippen molar-refractivity contribution in [3.05, 3.63) is 64.7 Å². The first-order valence-corrected chi connectivity index (χ1v) is 7.76. The third-order valence-corrected chi connectivity index (χ3v) is 3.68. The number of rotatable bonds is 4.